The Bertz CT molecular complexity index is 2290. The Kier molecular flexibility index (Phi) is 11.1. The molecule has 0 bridgehead atoms. The van der Waals surface area contributed by atoms with Crippen LogP contribution in [0, 0.1) is 28.1 Å². The van der Waals surface area contributed by atoms with Crippen LogP contribution in [0.5, 0.6) is 5.75 Å². The van der Waals surface area contributed by atoms with Crippen LogP contribution < -0.4 is 25.2 Å². The molecule has 2 N–H and O–H groups in total. The van der Waals surface area contributed by atoms with E-state index in [4.69, 9.17) is 27.9 Å². The molecule has 0 aromatic heterocycles. The van der Waals surface area contributed by atoms with Gasteiger partial charge < -0.3 is 19.9 Å². The molecule has 8 rings (SSSR count). The van der Waals surface area contributed by atoms with Crippen LogP contribution in [-0.2, 0) is 9.59 Å². The van der Waals surface area contributed by atoms with E-state index >= 15 is 0 Å². The van der Waals surface area contributed by atoms with Crippen molar-refractivity contribution >= 4 is 64.1 Å². The van der Waals surface area contributed by atoms with Gasteiger partial charge in [-0.05, 0) is 73.7 Å². The van der Waals surface area contributed by atoms with Crippen molar-refractivity contribution in [3.05, 3.63) is 86.9 Å². The van der Waals surface area contributed by atoms with Crippen LogP contribution in [0.4, 0.5) is 11.4 Å². The third-order valence-electron chi connectivity index (χ3n) is 13.3. The van der Waals surface area contributed by atoms with Gasteiger partial charge in [-0.1, -0.05) is 50.9 Å². The Hall–Kier alpha value is -5.16. The summed E-state index contributed by atoms with van der Waals surface area (Å²) in [6.45, 7) is 14.4. The molecule has 4 heterocycles. The summed E-state index contributed by atoms with van der Waals surface area (Å²) in [7, 11) is 0. The highest BCUT2D eigenvalue weighted by Crippen LogP contribution is 2.55. The number of nitriles is 1. The van der Waals surface area contributed by atoms with Gasteiger partial charge in [-0.2, -0.15) is 5.26 Å². The lowest BCUT2D eigenvalue weighted by Crippen LogP contribution is -2.74. The van der Waals surface area contributed by atoms with Crippen LogP contribution in [-0.4, -0.2) is 103 Å². The number of nitrogens with zero attached hydrogens (tertiary/aromatic N) is 5. The van der Waals surface area contributed by atoms with Gasteiger partial charge in [0.1, 0.15) is 24.0 Å². The minimum absolute atomic E-state index is 0.0851. The van der Waals surface area contributed by atoms with Crippen LogP contribution in [0.2, 0.25) is 10.0 Å². The molecule has 15 heteroatoms. The lowest BCUT2D eigenvalue weighted by atomic mass is 9.49. The number of carbonyl (C=O) groups is 5. The molecule has 4 fully saturated rings. The third kappa shape index (κ3) is 7.58. The van der Waals surface area contributed by atoms with Crippen molar-refractivity contribution in [3.63, 3.8) is 0 Å². The second kappa shape index (κ2) is 16.0. The molecule has 13 nitrogen and oxygen atoms in total. The first kappa shape index (κ1) is 41.6. The highest BCUT2D eigenvalue weighted by atomic mass is 35.5. The van der Waals surface area contributed by atoms with Gasteiger partial charge in [-0.25, -0.2) is 0 Å². The molecular formula is C45H49Cl2N7O6. The lowest BCUT2D eigenvalue weighted by molar-refractivity contribution is -0.164. The Morgan fingerprint density at radius 3 is 2.12 bits per heavy atom. The number of fused-ring (bicyclic) bond motifs is 1. The lowest BCUT2D eigenvalue weighted by Gasteiger charge is -2.63. The average molecular weight is 855 g/mol. The largest absolute Gasteiger partial charge is 0.489 e. The molecule has 3 aromatic rings. The van der Waals surface area contributed by atoms with Crippen LogP contribution in [0.3, 0.4) is 0 Å². The molecule has 314 valence electrons. The van der Waals surface area contributed by atoms with Crippen LogP contribution in [0.1, 0.15) is 90.0 Å². The first-order valence-electron chi connectivity index (χ1n) is 20.6. The zero-order valence-corrected chi connectivity index (χ0v) is 35.7. The van der Waals surface area contributed by atoms with Crippen molar-refractivity contribution in [2.75, 3.05) is 55.6 Å². The topological polar surface area (TPSA) is 155 Å². The number of carbonyl (C=O) groups excluding carboxylic acids is 5. The maximum Gasteiger partial charge on any atom is 0.262 e. The second-order valence-corrected chi connectivity index (χ2v) is 18.7. The van der Waals surface area contributed by atoms with Gasteiger partial charge in [0.05, 0.1) is 32.3 Å². The van der Waals surface area contributed by atoms with E-state index in [9.17, 15) is 29.2 Å². The first-order valence-corrected chi connectivity index (χ1v) is 21.4. The molecule has 1 atom stereocenters. The summed E-state index contributed by atoms with van der Waals surface area (Å²) in [6, 6.07) is 16.9. The van der Waals surface area contributed by atoms with Gasteiger partial charge in [0, 0.05) is 86.5 Å². The number of anilines is 2. The molecule has 5 aliphatic rings. The van der Waals surface area contributed by atoms with Gasteiger partial charge in [0.25, 0.3) is 17.7 Å². The predicted octanol–water partition coefficient (Wildman–Crippen LogP) is 5.92. The first-order chi connectivity index (χ1) is 28.6. The van der Waals surface area contributed by atoms with E-state index < -0.39 is 40.5 Å². The van der Waals surface area contributed by atoms with Crippen molar-refractivity contribution in [1.29, 1.82) is 5.26 Å². The molecule has 3 saturated heterocycles. The standard InChI is InChI=1S/C45H49Cl2N7O6/c1-44(2)42(45(3,4)43(44)60-30-8-5-27(24-48)34(46)23-30)50-38(56)32-10-7-29(22-35(32)47)52-15-13-26(14-16-52)25-51-17-19-53(20-18-51)28-6-9-31-33(21-28)41(59)54(40(31)58)36-11-12-37(55)49-39(36)57/h5-10,21-23,26,36,42-43H,11-20,25H2,1-4H3,(H,50,56)(H,49,55,57). The zero-order chi connectivity index (χ0) is 42.7. The summed E-state index contributed by atoms with van der Waals surface area (Å²) in [4.78, 5) is 72.3. The highest BCUT2D eigenvalue weighted by molar-refractivity contribution is 6.34. The maximum absolute atomic E-state index is 13.6. The van der Waals surface area contributed by atoms with Crippen molar-refractivity contribution in [2.24, 2.45) is 16.7 Å². The van der Waals surface area contributed by atoms with E-state index in [0.717, 1.165) is 74.9 Å². The molecule has 60 heavy (non-hydrogen) atoms. The molecular weight excluding hydrogens is 805 g/mol. The minimum atomic E-state index is -0.982. The van der Waals surface area contributed by atoms with E-state index in [1.165, 1.54) is 0 Å². The minimum Gasteiger partial charge on any atom is -0.489 e. The summed E-state index contributed by atoms with van der Waals surface area (Å²) < 4.78 is 6.38. The highest BCUT2D eigenvalue weighted by Gasteiger charge is 2.64. The summed E-state index contributed by atoms with van der Waals surface area (Å²) in [5.74, 6) is -1.11. The zero-order valence-electron chi connectivity index (χ0n) is 34.2. The average Bonchev–Trinajstić information content (AvgIpc) is 3.47. The quantitative estimate of drug-likeness (QED) is 0.248. The van der Waals surface area contributed by atoms with Crippen molar-refractivity contribution in [3.8, 4) is 11.8 Å². The molecule has 1 unspecified atom stereocenters. The number of imide groups is 2. The number of ether oxygens (including phenoxy) is 1. The van der Waals surface area contributed by atoms with Gasteiger partial charge in [-0.3, -0.25) is 39.1 Å². The summed E-state index contributed by atoms with van der Waals surface area (Å²) in [6.07, 6.45) is 2.07. The van der Waals surface area contributed by atoms with Gasteiger partial charge >= 0.3 is 0 Å². The Balaban J connectivity index is 0.804. The Morgan fingerprint density at radius 1 is 0.817 bits per heavy atom. The fourth-order valence-corrected chi connectivity index (χ4v) is 10.7. The molecule has 3 aromatic carbocycles. The molecule has 4 aliphatic heterocycles. The number of rotatable bonds is 9. The number of piperazine rings is 1. The number of nitrogens with one attached hydrogen (secondary N) is 2. The Morgan fingerprint density at radius 2 is 1.47 bits per heavy atom. The van der Waals surface area contributed by atoms with Crippen LogP contribution in [0.25, 0.3) is 0 Å². The number of benzene rings is 3. The fraction of sp³-hybridized carbons (Fsp3) is 0.467. The number of hydrogen-bond donors (Lipinski definition) is 2. The number of amides is 5. The summed E-state index contributed by atoms with van der Waals surface area (Å²) >= 11 is 13.0. The number of halogens is 2. The summed E-state index contributed by atoms with van der Waals surface area (Å²) in [5, 5.41) is 15.5. The number of piperidine rings is 2. The van der Waals surface area contributed by atoms with E-state index in [2.05, 4.69) is 59.1 Å². The van der Waals surface area contributed by atoms with E-state index in [0.29, 0.717) is 38.4 Å². The molecule has 1 saturated carbocycles. The molecule has 0 radical (unpaired) electrons. The smallest absolute Gasteiger partial charge is 0.262 e. The fourth-order valence-electron chi connectivity index (χ4n) is 10.3. The number of hydrogen-bond acceptors (Lipinski definition) is 10. The molecule has 1 aliphatic carbocycles. The van der Waals surface area contributed by atoms with Crippen LogP contribution >= 0.6 is 23.2 Å². The van der Waals surface area contributed by atoms with Gasteiger partial charge in [0.2, 0.25) is 11.8 Å². The van der Waals surface area contributed by atoms with Crippen molar-refractivity contribution in [1.82, 2.24) is 20.4 Å². The molecule has 5 amide bonds. The second-order valence-electron chi connectivity index (χ2n) is 17.9. The Labute approximate surface area is 359 Å². The van der Waals surface area contributed by atoms with E-state index in [1.54, 1.807) is 30.3 Å². The predicted molar refractivity (Wildman–Crippen MR) is 228 cm³/mol. The normalized spacial score (nSPS) is 24.1. The SMILES string of the molecule is CC1(C)C(NC(=O)c2ccc(N3CCC(CN4CCN(c5ccc6c(c5)C(=O)N(C5CCC(=O)NC5=O)C6=O)CC4)CC3)cc2Cl)C(C)(C)C1Oc1ccc(C#N)c(Cl)c1. The van der Waals surface area contributed by atoms with Crippen molar-refractivity contribution < 1.29 is 28.7 Å². The van der Waals surface area contributed by atoms with E-state index in [-0.39, 0.29) is 36.5 Å². The van der Waals surface area contributed by atoms with Crippen molar-refractivity contribution in [2.45, 2.75) is 71.6 Å². The monoisotopic (exact) mass is 853 g/mol. The van der Waals surface area contributed by atoms with Crippen LogP contribution in [0.15, 0.2) is 54.6 Å². The van der Waals surface area contributed by atoms with Gasteiger partial charge in [0.15, 0.2) is 0 Å². The van der Waals surface area contributed by atoms with E-state index in [1.807, 2.05) is 24.3 Å². The third-order valence-corrected chi connectivity index (χ3v) is 13.9. The van der Waals surface area contributed by atoms with Gasteiger partial charge in [-0.15, -0.1) is 0 Å². The summed E-state index contributed by atoms with van der Waals surface area (Å²) in [5.41, 5.74) is 2.47. The maximum atomic E-state index is 13.6. The molecule has 0 spiro atoms.